The maximum atomic E-state index is 13.5. The number of amides is 1. The van der Waals surface area contributed by atoms with Crippen molar-refractivity contribution in [3.63, 3.8) is 0 Å². The van der Waals surface area contributed by atoms with E-state index in [1.165, 1.54) is 16.9 Å². The summed E-state index contributed by atoms with van der Waals surface area (Å²) in [6.45, 7) is 8.78. The Hall–Kier alpha value is -3.06. The van der Waals surface area contributed by atoms with Gasteiger partial charge < -0.3 is 0 Å². The Labute approximate surface area is 180 Å². The number of aromatic nitrogens is 4. The summed E-state index contributed by atoms with van der Waals surface area (Å²) < 4.78 is 2.87. The van der Waals surface area contributed by atoms with Gasteiger partial charge >= 0.3 is 0 Å². The molecule has 4 aromatic rings. The summed E-state index contributed by atoms with van der Waals surface area (Å²) in [7, 11) is 0. The van der Waals surface area contributed by atoms with Crippen LogP contribution in [0.4, 0.5) is 5.13 Å². The highest BCUT2D eigenvalue weighted by Gasteiger charge is 2.25. The Morgan fingerprint density at radius 2 is 1.97 bits per heavy atom. The standard InChI is InChI=1S/C23H25N5OS/c1-15(2)18-8-5-9-20-21(18)25-23(30-20)27(14-17-7-6-11-24-13-17)22(29)19-10-12-28(26-19)16(3)4/h5-13,15-16H,14H2,1-4H3. The molecule has 0 aliphatic heterocycles. The number of anilines is 1. The van der Waals surface area contributed by atoms with Crippen molar-refractivity contribution < 1.29 is 4.79 Å². The molecule has 0 radical (unpaired) electrons. The Balaban J connectivity index is 1.78. The molecule has 0 saturated heterocycles. The highest BCUT2D eigenvalue weighted by molar-refractivity contribution is 7.22. The Morgan fingerprint density at radius 3 is 2.63 bits per heavy atom. The van der Waals surface area contributed by atoms with E-state index in [9.17, 15) is 4.79 Å². The molecule has 30 heavy (non-hydrogen) atoms. The summed E-state index contributed by atoms with van der Waals surface area (Å²) in [4.78, 5) is 24.3. The molecule has 0 aliphatic rings. The van der Waals surface area contributed by atoms with Crippen molar-refractivity contribution in [1.82, 2.24) is 19.7 Å². The molecular weight excluding hydrogens is 394 g/mol. The van der Waals surface area contributed by atoms with E-state index in [0.29, 0.717) is 23.3 Å². The maximum absolute atomic E-state index is 13.5. The minimum atomic E-state index is -0.164. The van der Waals surface area contributed by atoms with Crippen LogP contribution >= 0.6 is 11.3 Å². The SMILES string of the molecule is CC(C)c1cccc2sc(N(Cc3cccnc3)C(=O)c3ccn(C(C)C)n3)nc12. The number of para-hydroxylation sites is 1. The van der Waals surface area contributed by atoms with E-state index >= 15 is 0 Å². The molecule has 0 fully saturated rings. The fourth-order valence-corrected chi connectivity index (χ4v) is 4.32. The third kappa shape index (κ3) is 3.98. The Kier molecular flexibility index (Phi) is 5.63. The molecule has 1 amide bonds. The highest BCUT2D eigenvalue weighted by Crippen LogP contribution is 2.34. The van der Waals surface area contributed by atoms with Crippen molar-refractivity contribution in [2.75, 3.05) is 4.90 Å². The largest absolute Gasteiger partial charge is 0.280 e. The van der Waals surface area contributed by atoms with Gasteiger partial charge in [-0.25, -0.2) is 4.98 Å². The quantitative estimate of drug-likeness (QED) is 0.417. The van der Waals surface area contributed by atoms with Crippen molar-refractivity contribution in [2.24, 2.45) is 0 Å². The normalized spacial score (nSPS) is 11.5. The third-order valence-corrected chi connectivity index (χ3v) is 6.00. The van der Waals surface area contributed by atoms with E-state index in [0.717, 1.165) is 15.8 Å². The van der Waals surface area contributed by atoms with Crippen molar-refractivity contribution in [2.45, 2.75) is 46.2 Å². The van der Waals surface area contributed by atoms with Crippen LogP contribution < -0.4 is 4.90 Å². The minimum absolute atomic E-state index is 0.164. The number of carbonyl (C=O) groups is 1. The number of hydrogen-bond acceptors (Lipinski definition) is 5. The van der Waals surface area contributed by atoms with Gasteiger partial charge in [-0.1, -0.05) is 43.4 Å². The predicted octanol–water partition coefficient (Wildman–Crippen LogP) is 5.44. The van der Waals surface area contributed by atoms with Gasteiger partial charge in [0, 0.05) is 24.6 Å². The lowest BCUT2D eigenvalue weighted by Crippen LogP contribution is -2.31. The first kappa shape index (κ1) is 20.2. The van der Waals surface area contributed by atoms with Crippen molar-refractivity contribution >= 4 is 32.6 Å². The van der Waals surface area contributed by atoms with Gasteiger partial charge in [-0.15, -0.1) is 0 Å². The zero-order valence-electron chi connectivity index (χ0n) is 17.6. The Morgan fingerprint density at radius 1 is 1.13 bits per heavy atom. The second-order valence-electron chi connectivity index (χ2n) is 7.87. The lowest BCUT2D eigenvalue weighted by Gasteiger charge is -2.19. The van der Waals surface area contributed by atoms with Crippen LogP contribution in [0.2, 0.25) is 0 Å². The lowest BCUT2D eigenvalue weighted by atomic mass is 10.0. The summed E-state index contributed by atoms with van der Waals surface area (Å²) in [6.07, 6.45) is 5.35. The zero-order valence-corrected chi connectivity index (χ0v) is 18.4. The first-order valence-electron chi connectivity index (χ1n) is 10.1. The van der Waals surface area contributed by atoms with Crippen LogP contribution in [0.15, 0.2) is 55.0 Å². The van der Waals surface area contributed by atoms with Gasteiger partial charge in [0.05, 0.1) is 16.8 Å². The minimum Gasteiger partial charge on any atom is -0.278 e. The second-order valence-corrected chi connectivity index (χ2v) is 8.88. The van der Waals surface area contributed by atoms with E-state index in [1.807, 2.05) is 32.2 Å². The number of carbonyl (C=O) groups excluding carboxylic acids is 1. The van der Waals surface area contributed by atoms with Crippen LogP contribution in [0.5, 0.6) is 0 Å². The van der Waals surface area contributed by atoms with Crippen LogP contribution in [0.3, 0.4) is 0 Å². The van der Waals surface area contributed by atoms with Gasteiger partial charge in [0.1, 0.15) is 0 Å². The van der Waals surface area contributed by atoms with E-state index in [4.69, 9.17) is 4.98 Å². The number of rotatable bonds is 6. The van der Waals surface area contributed by atoms with Gasteiger partial charge in [0.25, 0.3) is 5.91 Å². The molecule has 0 bridgehead atoms. The smallest absolute Gasteiger partial charge is 0.278 e. The van der Waals surface area contributed by atoms with E-state index < -0.39 is 0 Å². The fraction of sp³-hybridized carbons (Fsp3) is 0.304. The molecule has 3 aromatic heterocycles. The Bertz CT molecular complexity index is 1160. The average molecular weight is 420 g/mol. The molecule has 7 heteroatoms. The van der Waals surface area contributed by atoms with Gasteiger partial charge in [-0.3, -0.25) is 19.4 Å². The highest BCUT2D eigenvalue weighted by atomic mass is 32.1. The van der Waals surface area contributed by atoms with E-state index in [2.05, 4.69) is 42.1 Å². The number of fused-ring (bicyclic) bond motifs is 1. The molecule has 1 aromatic carbocycles. The van der Waals surface area contributed by atoms with Crippen LogP contribution in [-0.4, -0.2) is 25.7 Å². The molecule has 0 unspecified atom stereocenters. The number of pyridine rings is 1. The molecule has 0 saturated carbocycles. The monoisotopic (exact) mass is 419 g/mol. The number of thiazole rings is 1. The molecule has 0 N–H and O–H groups in total. The summed E-state index contributed by atoms with van der Waals surface area (Å²) in [5.41, 5.74) is 3.51. The molecule has 6 nitrogen and oxygen atoms in total. The van der Waals surface area contributed by atoms with E-state index in [1.54, 1.807) is 28.0 Å². The number of hydrogen-bond donors (Lipinski definition) is 0. The van der Waals surface area contributed by atoms with E-state index in [-0.39, 0.29) is 11.9 Å². The van der Waals surface area contributed by atoms with Gasteiger partial charge in [-0.2, -0.15) is 5.10 Å². The van der Waals surface area contributed by atoms with Crippen LogP contribution in [0, 0.1) is 0 Å². The van der Waals surface area contributed by atoms with Gasteiger partial charge in [0.15, 0.2) is 10.8 Å². The topological polar surface area (TPSA) is 63.9 Å². The van der Waals surface area contributed by atoms with Crippen LogP contribution in [0.25, 0.3) is 10.2 Å². The number of benzene rings is 1. The predicted molar refractivity (Wildman–Crippen MR) is 121 cm³/mol. The second kappa shape index (κ2) is 8.36. The van der Waals surface area contributed by atoms with Gasteiger partial charge in [-0.05, 0) is 49.1 Å². The molecular formula is C23H25N5OS. The third-order valence-electron chi connectivity index (χ3n) is 4.96. The number of nitrogens with zero attached hydrogens (tertiary/aromatic N) is 5. The average Bonchev–Trinajstić information content (AvgIpc) is 3.39. The summed E-state index contributed by atoms with van der Waals surface area (Å²) >= 11 is 1.53. The first-order chi connectivity index (χ1) is 14.4. The summed E-state index contributed by atoms with van der Waals surface area (Å²) in [6, 6.07) is 12.0. The van der Waals surface area contributed by atoms with Crippen molar-refractivity contribution in [1.29, 1.82) is 0 Å². The first-order valence-corrected chi connectivity index (χ1v) is 10.9. The lowest BCUT2D eigenvalue weighted by molar-refractivity contribution is 0.0979. The molecule has 0 aliphatic carbocycles. The van der Waals surface area contributed by atoms with Crippen LogP contribution in [0.1, 0.15) is 61.3 Å². The summed E-state index contributed by atoms with van der Waals surface area (Å²) in [5, 5.41) is 5.16. The summed E-state index contributed by atoms with van der Waals surface area (Å²) in [5.74, 6) is 0.191. The van der Waals surface area contributed by atoms with Crippen molar-refractivity contribution in [3.8, 4) is 0 Å². The molecule has 3 heterocycles. The molecule has 0 spiro atoms. The maximum Gasteiger partial charge on any atom is 0.280 e. The molecule has 154 valence electrons. The fourth-order valence-electron chi connectivity index (χ4n) is 3.32. The molecule has 0 atom stereocenters. The van der Waals surface area contributed by atoms with Crippen molar-refractivity contribution in [3.05, 3.63) is 71.8 Å². The van der Waals surface area contributed by atoms with Crippen LogP contribution in [-0.2, 0) is 6.54 Å². The molecule has 4 rings (SSSR count). The van der Waals surface area contributed by atoms with Gasteiger partial charge in [0.2, 0.25) is 0 Å². The zero-order chi connectivity index (χ0) is 21.3.